The number of ether oxygens (including phenoxy) is 1. The van der Waals surface area contributed by atoms with Gasteiger partial charge in [0.25, 0.3) is 0 Å². The van der Waals surface area contributed by atoms with Gasteiger partial charge in [0.05, 0.1) is 11.6 Å². The summed E-state index contributed by atoms with van der Waals surface area (Å²) in [5, 5.41) is 3.33. The molecule has 1 atom stereocenters. The van der Waals surface area contributed by atoms with Gasteiger partial charge in [0.1, 0.15) is 11.6 Å². The van der Waals surface area contributed by atoms with Crippen LogP contribution in [-0.4, -0.2) is 19.3 Å². The molecule has 2 rings (SSSR count). The molecule has 1 aromatic carbocycles. The zero-order valence-electron chi connectivity index (χ0n) is 12.2. The number of likely N-dealkylation sites (N-methyl/N-ethyl adjacent to an activating group) is 1. The van der Waals surface area contributed by atoms with Gasteiger partial charge in [0.2, 0.25) is 0 Å². The monoisotopic (exact) mass is 283 g/mol. The van der Waals surface area contributed by atoms with Gasteiger partial charge in [0, 0.05) is 18.7 Å². The summed E-state index contributed by atoms with van der Waals surface area (Å²) >= 11 is 0. The maximum absolute atomic E-state index is 14.1. The molecule has 1 aromatic rings. The molecule has 1 fully saturated rings. The summed E-state index contributed by atoms with van der Waals surface area (Å²) in [6.07, 6.45) is 5.16. The Kier molecular flexibility index (Phi) is 5.11. The largest absolute Gasteiger partial charge is 0.376 e. The topological polar surface area (TPSA) is 21.3 Å². The number of nitrogens with one attached hydrogen (secondary N) is 1. The summed E-state index contributed by atoms with van der Waals surface area (Å²) in [4.78, 5) is 0. The lowest BCUT2D eigenvalue weighted by atomic mass is 9.76. The molecule has 0 saturated heterocycles. The third-order valence-electron chi connectivity index (χ3n) is 4.31. The number of benzene rings is 1. The first-order valence-corrected chi connectivity index (χ1v) is 7.36. The highest BCUT2D eigenvalue weighted by atomic mass is 19.1. The van der Waals surface area contributed by atoms with Crippen LogP contribution in [-0.2, 0) is 4.74 Å². The Bertz CT molecular complexity index is 444. The molecule has 1 saturated carbocycles. The quantitative estimate of drug-likeness (QED) is 0.883. The Morgan fingerprint density at radius 3 is 2.50 bits per heavy atom. The second-order valence-corrected chi connectivity index (χ2v) is 5.49. The fraction of sp³-hybridized carbons (Fsp3) is 0.625. The predicted octanol–water partition coefficient (Wildman–Crippen LogP) is 3.96. The van der Waals surface area contributed by atoms with Crippen molar-refractivity contribution in [2.75, 3.05) is 13.7 Å². The number of rotatable bonds is 5. The minimum atomic E-state index is -0.545. The van der Waals surface area contributed by atoms with Crippen LogP contribution >= 0.6 is 0 Å². The SMILES string of the molecule is CCNC(c1ccc(F)cc1F)C1(OC)CCCCC1. The molecule has 0 aromatic heterocycles. The van der Waals surface area contributed by atoms with E-state index in [1.807, 2.05) is 6.92 Å². The van der Waals surface area contributed by atoms with Crippen molar-refractivity contribution >= 4 is 0 Å². The summed E-state index contributed by atoms with van der Waals surface area (Å²) in [6.45, 7) is 2.70. The number of halogens is 2. The maximum Gasteiger partial charge on any atom is 0.131 e. The summed E-state index contributed by atoms with van der Waals surface area (Å²) in [5.74, 6) is -1.05. The van der Waals surface area contributed by atoms with Crippen LogP contribution in [0.25, 0.3) is 0 Å². The molecule has 2 nitrogen and oxygen atoms in total. The zero-order chi connectivity index (χ0) is 14.6. The lowest BCUT2D eigenvalue weighted by Crippen LogP contribution is -2.47. The van der Waals surface area contributed by atoms with Crippen LogP contribution < -0.4 is 5.32 Å². The van der Waals surface area contributed by atoms with E-state index < -0.39 is 17.2 Å². The second-order valence-electron chi connectivity index (χ2n) is 5.49. The van der Waals surface area contributed by atoms with E-state index in [2.05, 4.69) is 5.32 Å². The summed E-state index contributed by atoms with van der Waals surface area (Å²) in [7, 11) is 1.69. The van der Waals surface area contributed by atoms with Gasteiger partial charge in [-0.25, -0.2) is 8.78 Å². The van der Waals surface area contributed by atoms with Crippen LogP contribution in [0.5, 0.6) is 0 Å². The average Bonchev–Trinajstić information content (AvgIpc) is 2.46. The highest BCUT2D eigenvalue weighted by Crippen LogP contribution is 2.41. The van der Waals surface area contributed by atoms with Crippen molar-refractivity contribution in [3.63, 3.8) is 0 Å². The molecular weight excluding hydrogens is 260 g/mol. The summed E-state index contributed by atoms with van der Waals surface area (Å²) in [5.41, 5.74) is 0.101. The van der Waals surface area contributed by atoms with Crippen molar-refractivity contribution < 1.29 is 13.5 Å². The van der Waals surface area contributed by atoms with Gasteiger partial charge in [0.15, 0.2) is 0 Å². The molecule has 1 unspecified atom stereocenters. The van der Waals surface area contributed by atoms with E-state index in [0.29, 0.717) is 12.1 Å². The Labute approximate surface area is 119 Å². The minimum absolute atomic E-state index is 0.238. The van der Waals surface area contributed by atoms with E-state index in [1.165, 1.54) is 18.6 Å². The molecule has 4 heteroatoms. The van der Waals surface area contributed by atoms with E-state index in [0.717, 1.165) is 31.7 Å². The van der Waals surface area contributed by atoms with Crippen LogP contribution in [0, 0.1) is 11.6 Å². The Morgan fingerprint density at radius 1 is 1.25 bits per heavy atom. The third-order valence-corrected chi connectivity index (χ3v) is 4.31. The van der Waals surface area contributed by atoms with Gasteiger partial charge in [-0.3, -0.25) is 0 Å². The molecule has 1 aliphatic rings. The van der Waals surface area contributed by atoms with Crippen LogP contribution in [0.3, 0.4) is 0 Å². The average molecular weight is 283 g/mol. The lowest BCUT2D eigenvalue weighted by Gasteiger charge is -2.43. The van der Waals surface area contributed by atoms with Crippen LogP contribution in [0.15, 0.2) is 18.2 Å². The second kappa shape index (κ2) is 6.64. The van der Waals surface area contributed by atoms with Crippen molar-refractivity contribution in [1.29, 1.82) is 0 Å². The first-order chi connectivity index (χ1) is 9.63. The van der Waals surface area contributed by atoms with Crippen molar-refractivity contribution in [3.8, 4) is 0 Å². The van der Waals surface area contributed by atoms with Gasteiger partial charge < -0.3 is 10.1 Å². The lowest BCUT2D eigenvalue weighted by molar-refractivity contribution is -0.0692. The van der Waals surface area contributed by atoms with Crippen molar-refractivity contribution in [2.24, 2.45) is 0 Å². The summed E-state index contributed by atoms with van der Waals surface area (Å²) < 4.78 is 33.1. The van der Waals surface area contributed by atoms with Gasteiger partial charge in [-0.15, -0.1) is 0 Å². The molecular formula is C16H23F2NO. The highest BCUT2D eigenvalue weighted by molar-refractivity contribution is 5.25. The van der Waals surface area contributed by atoms with Crippen LogP contribution in [0.4, 0.5) is 8.78 Å². The Morgan fingerprint density at radius 2 is 1.95 bits per heavy atom. The molecule has 112 valence electrons. The minimum Gasteiger partial charge on any atom is -0.376 e. The Hall–Kier alpha value is -1.00. The molecule has 0 aliphatic heterocycles. The third kappa shape index (κ3) is 3.01. The fourth-order valence-electron chi connectivity index (χ4n) is 3.28. The van der Waals surface area contributed by atoms with Gasteiger partial charge in [-0.1, -0.05) is 32.3 Å². The van der Waals surface area contributed by atoms with Gasteiger partial charge in [-0.05, 0) is 25.5 Å². The number of methoxy groups -OCH3 is 1. The van der Waals surface area contributed by atoms with Crippen molar-refractivity contribution in [3.05, 3.63) is 35.4 Å². The standard InChI is InChI=1S/C16H23F2NO/c1-3-19-15(13-8-7-12(17)11-14(13)18)16(20-2)9-5-4-6-10-16/h7-8,11,15,19H,3-6,9-10H2,1-2H3. The molecule has 1 aliphatic carbocycles. The molecule has 0 radical (unpaired) electrons. The molecule has 0 bridgehead atoms. The van der Waals surface area contributed by atoms with Crippen LogP contribution in [0.2, 0.25) is 0 Å². The highest BCUT2D eigenvalue weighted by Gasteiger charge is 2.41. The normalized spacial score (nSPS) is 19.8. The van der Waals surface area contributed by atoms with Gasteiger partial charge >= 0.3 is 0 Å². The predicted molar refractivity (Wildman–Crippen MR) is 75.6 cm³/mol. The molecule has 1 N–H and O–H groups in total. The maximum atomic E-state index is 14.1. The van der Waals surface area contributed by atoms with E-state index in [1.54, 1.807) is 7.11 Å². The van der Waals surface area contributed by atoms with Crippen molar-refractivity contribution in [1.82, 2.24) is 5.32 Å². The van der Waals surface area contributed by atoms with Gasteiger partial charge in [-0.2, -0.15) is 0 Å². The zero-order valence-corrected chi connectivity index (χ0v) is 12.2. The fourth-order valence-corrected chi connectivity index (χ4v) is 3.28. The van der Waals surface area contributed by atoms with Crippen LogP contribution in [0.1, 0.15) is 50.6 Å². The molecule has 0 amide bonds. The Balaban J connectivity index is 2.38. The first-order valence-electron chi connectivity index (χ1n) is 7.36. The van der Waals surface area contributed by atoms with Crippen molar-refractivity contribution in [2.45, 2.75) is 50.7 Å². The number of hydrogen-bond acceptors (Lipinski definition) is 2. The molecule has 0 spiro atoms. The van der Waals surface area contributed by atoms with E-state index >= 15 is 0 Å². The summed E-state index contributed by atoms with van der Waals surface area (Å²) in [6, 6.07) is 3.56. The van der Waals surface area contributed by atoms with E-state index in [9.17, 15) is 8.78 Å². The van der Waals surface area contributed by atoms with E-state index in [-0.39, 0.29) is 6.04 Å². The van der Waals surface area contributed by atoms with E-state index in [4.69, 9.17) is 4.74 Å². The molecule has 20 heavy (non-hydrogen) atoms. The smallest absolute Gasteiger partial charge is 0.131 e. The number of hydrogen-bond donors (Lipinski definition) is 1. The molecule has 0 heterocycles. The first kappa shape index (κ1) is 15.4.